The average Bonchev–Trinajstić information content (AvgIpc) is 2.10. The highest BCUT2D eigenvalue weighted by Crippen LogP contribution is 2.15. The van der Waals surface area contributed by atoms with Gasteiger partial charge in [-0.15, -0.1) is 0 Å². The van der Waals surface area contributed by atoms with Crippen molar-refractivity contribution in [3.63, 3.8) is 0 Å². The molecule has 0 spiro atoms. The first-order valence-electron chi connectivity index (χ1n) is 3.21. The fourth-order valence-electron chi connectivity index (χ4n) is 0.884. The van der Waals surface area contributed by atoms with E-state index in [0.717, 1.165) is 0 Å². The van der Waals surface area contributed by atoms with E-state index in [2.05, 4.69) is 4.74 Å². The molecule has 0 aromatic heterocycles. The summed E-state index contributed by atoms with van der Waals surface area (Å²) in [6.07, 6.45) is 0.805. The Morgan fingerprint density at radius 2 is 2.45 bits per heavy atom. The van der Waals surface area contributed by atoms with Crippen molar-refractivity contribution >= 4 is 11.9 Å². The molecule has 0 aromatic rings. The Balaban J connectivity index is 2.54. The van der Waals surface area contributed by atoms with Gasteiger partial charge in [0.2, 0.25) is 0 Å². The summed E-state index contributed by atoms with van der Waals surface area (Å²) in [4.78, 5) is 20.8. The number of carboxylic acid groups (broad SMARTS) is 1. The zero-order chi connectivity index (χ0) is 8.43. The molecule has 11 heavy (non-hydrogen) atoms. The number of carbonyl (C=O) groups is 2. The van der Waals surface area contributed by atoms with Gasteiger partial charge in [0.25, 0.3) is 0 Å². The van der Waals surface area contributed by atoms with Gasteiger partial charge < -0.3 is 9.84 Å². The molecule has 60 valence electrons. The summed E-state index contributed by atoms with van der Waals surface area (Å²) in [5.74, 6) is -1.38. The number of esters is 1. The molecule has 1 heterocycles. The molecule has 0 fully saturated rings. The van der Waals surface area contributed by atoms with Crippen LogP contribution in [0.2, 0.25) is 0 Å². The van der Waals surface area contributed by atoms with Crippen molar-refractivity contribution in [2.24, 2.45) is 0 Å². The summed E-state index contributed by atoms with van der Waals surface area (Å²) in [6.45, 7) is 1.60. The van der Waals surface area contributed by atoms with Gasteiger partial charge in [-0.1, -0.05) is 0 Å². The molecule has 1 aliphatic heterocycles. The first-order valence-corrected chi connectivity index (χ1v) is 3.21. The molecule has 0 bridgehead atoms. The third kappa shape index (κ3) is 1.80. The quantitative estimate of drug-likeness (QED) is 0.585. The van der Waals surface area contributed by atoms with E-state index >= 15 is 0 Å². The van der Waals surface area contributed by atoms with Gasteiger partial charge in [-0.3, -0.25) is 4.79 Å². The molecule has 1 rings (SSSR count). The maximum absolute atomic E-state index is 10.7. The van der Waals surface area contributed by atoms with Gasteiger partial charge in [-0.05, 0) is 13.0 Å². The zero-order valence-corrected chi connectivity index (χ0v) is 6.03. The molecule has 4 nitrogen and oxygen atoms in total. The van der Waals surface area contributed by atoms with Crippen LogP contribution in [0.25, 0.3) is 0 Å². The average molecular weight is 156 g/mol. The van der Waals surface area contributed by atoms with Crippen molar-refractivity contribution in [2.45, 2.75) is 19.4 Å². The molecule has 0 aromatic carbocycles. The summed E-state index contributed by atoms with van der Waals surface area (Å²) < 4.78 is 4.67. The van der Waals surface area contributed by atoms with Crippen LogP contribution in [0.5, 0.6) is 0 Å². The van der Waals surface area contributed by atoms with Crippen LogP contribution in [-0.2, 0) is 14.3 Å². The maximum Gasteiger partial charge on any atom is 0.334 e. The molecular weight excluding hydrogens is 148 g/mol. The summed E-state index contributed by atoms with van der Waals surface area (Å²) in [5.41, 5.74) is 0.483. The highest BCUT2D eigenvalue weighted by molar-refractivity contribution is 5.90. The number of hydrogen-bond acceptors (Lipinski definition) is 3. The Hall–Kier alpha value is -1.32. The highest BCUT2D eigenvalue weighted by atomic mass is 16.5. The van der Waals surface area contributed by atoms with Crippen molar-refractivity contribution in [3.8, 4) is 0 Å². The molecule has 4 heteroatoms. The topological polar surface area (TPSA) is 63.6 Å². The second-order valence-corrected chi connectivity index (χ2v) is 2.39. The van der Waals surface area contributed by atoms with E-state index in [0.29, 0.717) is 5.57 Å². The van der Waals surface area contributed by atoms with Crippen molar-refractivity contribution in [1.82, 2.24) is 0 Å². The molecule has 1 aliphatic rings. The van der Waals surface area contributed by atoms with Crippen LogP contribution in [0.4, 0.5) is 0 Å². The van der Waals surface area contributed by atoms with Gasteiger partial charge in [0.1, 0.15) is 6.10 Å². The van der Waals surface area contributed by atoms with Crippen LogP contribution < -0.4 is 0 Å². The second-order valence-electron chi connectivity index (χ2n) is 2.39. The predicted octanol–water partition coefficient (Wildman–Crippen LogP) is 0.333. The van der Waals surface area contributed by atoms with E-state index in [-0.39, 0.29) is 6.42 Å². The van der Waals surface area contributed by atoms with Crippen LogP contribution >= 0.6 is 0 Å². The molecule has 1 atom stereocenters. The lowest BCUT2D eigenvalue weighted by molar-refractivity contribution is -0.144. The Bertz CT molecular complexity index is 229. The Morgan fingerprint density at radius 1 is 1.82 bits per heavy atom. The Labute approximate surface area is 63.5 Å². The van der Waals surface area contributed by atoms with Crippen molar-refractivity contribution in [2.75, 3.05) is 0 Å². The highest BCUT2D eigenvalue weighted by Gasteiger charge is 2.23. The number of carboxylic acids is 1. The molecule has 0 saturated carbocycles. The maximum atomic E-state index is 10.7. The van der Waals surface area contributed by atoms with Gasteiger partial charge >= 0.3 is 11.9 Å². The second kappa shape index (κ2) is 2.74. The van der Waals surface area contributed by atoms with Crippen LogP contribution in [0, 0.1) is 0 Å². The van der Waals surface area contributed by atoms with E-state index in [4.69, 9.17) is 5.11 Å². The first kappa shape index (κ1) is 7.78. The SMILES string of the molecule is CC1=CC(CC(=O)O)OC1=O. The molecule has 1 N–H and O–H groups in total. The molecular formula is C7H8O4. The lowest BCUT2D eigenvalue weighted by atomic mass is 10.2. The Kier molecular flexibility index (Phi) is 1.94. The smallest absolute Gasteiger partial charge is 0.334 e. The standard InChI is InChI=1S/C7H8O4/c1-4-2-5(3-6(8)9)11-7(4)10/h2,5H,3H2,1H3,(H,8,9). The summed E-state index contributed by atoms with van der Waals surface area (Å²) in [6, 6.07) is 0. The fraction of sp³-hybridized carbons (Fsp3) is 0.429. The molecule has 0 amide bonds. The lowest BCUT2D eigenvalue weighted by Crippen LogP contribution is -2.12. The fourth-order valence-corrected chi connectivity index (χ4v) is 0.884. The summed E-state index contributed by atoms with van der Waals surface area (Å²) >= 11 is 0. The number of ether oxygens (including phenoxy) is 1. The minimum atomic E-state index is -0.964. The van der Waals surface area contributed by atoms with Crippen molar-refractivity contribution < 1.29 is 19.4 Å². The number of carbonyl (C=O) groups excluding carboxylic acids is 1. The van der Waals surface area contributed by atoms with Gasteiger partial charge in [-0.2, -0.15) is 0 Å². The van der Waals surface area contributed by atoms with E-state index < -0.39 is 18.0 Å². The van der Waals surface area contributed by atoms with E-state index in [9.17, 15) is 9.59 Å². The number of hydrogen-bond donors (Lipinski definition) is 1. The largest absolute Gasteiger partial charge is 0.481 e. The van der Waals surface area contributed by atoms with Crippen LogP contribution in [0.3, 0.4) is 0 Å². The van der Waals surface area contributed by atoms with E-state index in [1.165, 1.54) is 6.08 Å². The number of rotatable bonds is 2. The first-order chi connectivity index (χ1) is 5.09. The third-order valence-corrected chi connectivity index (χ3v) is 1.39. The third-order valence-electron chi connectivity index (χ3n) is 1.39. The molecule has 1 unspecified atom stereocenters. The van der Waals surface area contributed by atoms with Gasteiger partial charge in [0, 0.05) is 5.57 Å². The van der Waals surface area contributed by atoms with E-state index in [1.807, 2.05) is 0 Å². The van der Waals surface area contributed by atoms with Crippen LogP contribution in [0.1, 0.15) is 13.3 Å². The number of aliphatic carboxylic acids is 1. The predicted molar refractivity (Wildman–Crippen MR) is 35.9 cm³/mol. The normalized spacial score (nSPS) is 22.8. The summed E-state index contributed by atoms with van der Waals surface area (Å²) in [7, 11) is 0. The van der Waals surface area contributed by atoms with Crippen LogP contribution in [-0.4, -0.2) is 23.1 Å². The van der Waals surface area contributed by atoms with Gasteiger partial charge in [0.15, 0.2) is 0 Å². The Morgan fingerprint density at radius 3 is 2.82 bits per heavy atom. The van der Waals surface area contributed by atoms with Gasteiger partial charge in [-0.25, -0.2) is 4.79 Å². The molecule has 0 saturated heterocycles. The van der Waals surface area contributed by atoms with Crippen molar-refractivity contribution in [3.05, 3.63) is 11.6 Å². The summed E-state index contributed by atoms with van der Waals surface area (Å²) in [5, 5.41) is 8.33. The van der Waals surface area contributed by atoms with Crippen LogP contribution in [0.15, 0.2) is 11.6 Å². The molecule has 0 aliphatic carbocycles. The van der Waals surface area contributed by atoms with Gasteiger partial charge in [0.05, 0.1) is 6.42 Å². The minimum absolute atomic E-state index is 0.150. The van der Waals surface area contributed by atoms with E-state index in [1.54, 1.807) is 6.92 Å². The monoisotopic (exact) mass is 156 g/mol. The molecule has 0 radical (unpaired) electrons. The number of cyclic esters (lactones) is 1. The lowest BCUT2D eigenvalue weighted by Gasteiger charge is -2.02. The zero-order valence-electron chi connectivity index (χ0n) is 6.03. The van der Waals surface area contributed by atoms with Crippen molar-refractivity contribution in [1.29, 1.82) is 0 Å². The minimum Gasteiger partial charge on any atom is -0.481 e.